The van der Waals surface area contributed by atoms with Crippen LogP contribution in [-0.2, 0) is 17.6 Å². The van der Waals surface area contributed by atoms with Crippen molar-refractivity contribution in [3.8, 4) is 0 Å². The normalized spacial score (nSPS) is 13.6. The monoisotopic (exact) mass is 333 g/mol. The SMILES string of the molecule is COCCN(C)CCNc1n[n+]([O-])c2cc3c(cc2[n+]1[O-])CCC3. The number of nitrogens with zero attached hydrogens (tertiary/aromatic N) is 4. The lowest BCUT2D eigenvalue weighted by atomic mass is 10.1. The lowest BCUT2D eigenvalue weighted by Crippen LogP contribution is -2.45. The van der Waals surface area contributed by atoms with E-state index in [2.05, 4.69) is 15.3 Å². The van der Waals surface area contributed by atoms with E-state index < -0.39 is 0 Å². The molecule has 1 aliphatic carbocycles. The smallest absolute Gasteiger partial charge is 0.461 e. The predicted molar refractivity (Wildman–Crippen MR) is 89.6 cm³/mol. The molecule has 1 heterocycles. The van der Waals surface area contributed by atoms with Gasteiger partial charge < -0.3 is 20.1 Å². The van der Waals surface area contributed by atoms with Gasteiger partial charge in [-0.15, -0.1) is 0 Å². The molecule has 0 spiro atoms. The standard InChI is InChI=1S/C16H23N5O3/c1-19(8-9-24-2)7-6-17-16-18-21(23)15-11-13-5-3-4-12(13)10-14(15)20(16)22/h10-11H,3-9H2,1-2H3,(H,17,18). The Hall–Kier alpha value is -2.19. The van der Waals surface area contributed by atoms with Crippen LogP contribution >= 0.6 is 0 Å². The number of benzene rings is 1. The van der Waals surface area contributed by atoms with Gasteiger partial charge in [-0.25, -0.2) is 4.73 Å². The number of likely N-dealkylation sites (N-methyl/N-ethyl adjacent to an activating group) is 1. The molecule has 8 heteroatoms. The first-order valence-corrected chi connectivity index (χ1v) is 8.20. The van der Waals surface area contributed by atoms with Gasteiger partial charge in [0, 0.05) is 31.1 Å². The molecule has 0 radical (unpaired) electrons. The van der Waals surface area contributed by atoms with Crippen LogP contribution in [-0.4, -0.2) is 50.4 Å². The van der Waals surface area contributed by atoms with E-state index in [9.17, 15) is 10.4 Å². The number of fused-ring (bicyclic) bond motifs is 2. The number of hydrogen-bond donors (Lipinski definition) is 1. The number of aryl methyl sites for hydroxylation is 2. The van der Waals surface area contributed by atoms with Crippen LogP contribution in [0.4, 0.5) is 5.95 Å². The molecular formula is C16H23N5O3. The Balaban J connectivity index is 1.77. The molecule has 0 amide bonds. The van der Waals surface area contributed by atoms with E-state index >= 15 is 0 Å². The van der Waals surface area contributed by atoms with Crippen LogP contribution in [0.3, 0.4) is 0 Å². The lowest BCUT2D eigenvalue weighted by Gasteiger charge is -2.15. The van der Waals surface area contributed by atoms with Crippen molar-refractivity contribution in [2.24, 2.45) is 0 Å². The second-order valence-electron chi connectivity index (χ2n) is 6.18. The van der Waals surface area contributed by atoms with Crippen LogP contribution in [0.2, 0.25) is 0 Å². The van der Waals surface area contributed by atoms with E-state index in [0.717, 1.165) is 41.7 Å². The lowest BCUT2D eigenvalue weighted by molar-refractivity contribution is -0.672. The summed E-state index contributed by atoms with van der Waals surface area (Å²) in [5.74, 6) is 0.0376. The van der Waals surface area contributed by atoms with Crippen molar-refractivity contribution in [1.82, 2.24) is 10.00 Å². The Labute approximate surface area is 140 Å². The molecule has 130 valence electrons. The first-order chi connectivity index (χ1) is 11.6. The van der Waals surface area contributed by atoms with E-state index in [1.54, 1.807) is 13.2 Å². The Kier molecular flexibility index (Phi) is 4.96. The molecule has 2 aromatic rings. The zero-order valence-corrected chi connectivity index (χ0v) is 14.1. The number of ether oxygens (including phenoxy) is 1. The van der Waals surface area contributed by atoms with Crippen molar-refractivity contribution >= 4 is 17.0 Å². The highest BCUT2D eigenvalue weighted by molar-refractivity contribution is 5.71. The van der Waals surface area contributed by atoms with Crippen molar-refractivity contribution in [1.29, 1.82) is 0 Å². The maximum atomic E-state index is 12.5. The molecule has 0 fully saturated rings. The molecule has 0 saturated heterocycles. The molecule has 1 aromatic carbocycles. The summed E-state index contributed by atoms with van der Waals surface area (Å²) in [5.41, 5.74) is 3.00. The Morgan fingerprint density at radius 3 is 2.62 bits per heavy atom. The summed E-state index contributed by atoms with van der Waals surface area (Å²) >= 11 is 0. The molecule has 24 heavy (non-hydrogen) atoms. The minimum Gasteiger partial charge on any atom is -0.739 e. The average Bonchev–Trinajstić information content (AvgIpc) is 3.03. The number of rotatable bonds is 7. The van der Waals surface area contributed by atoms with Gasteiger partial charge in [-0.3, -0.25) is 5.32 Å². The molecule has 1 aliphatic rings. The third-order valence-corrected chi connectivity index (χ3v) is 4.45. The van der Waals surface area contributed by atoms with E-state index in [1.165, 1.54) is 0 Å². The number of aromatic nitrogens is 3. The highest BCUT2D eigenvalue weighted by Gasteiger charge is 2.23. The molecule has 0 atom stereocenters. The molecule has 1 aromatic heterocycles. The fourth-order valence-corrected chi connectivity index (χ4v) is 3.03. The van der Waals surface area contributed by atoms with Crippen molar-refractivity contribution in [2.45, 2.75) is 19.3 Å². The van der Waals surface area contributed by atoms with Crippen molar-refractivity contribution in [2.75, 3.05) is 45.7 Å². The first kappa shape index (κ1) is 16.7. The maximum Gasteiger partial charge on any atom is 0.461 e. The van der Waals surface area contributed by atoms with Gasteiger partial charge >= 0.3 is 5.95 Å². The molecule has 0 unspecified atom stereocenters. The van der Waals surface area contributed by atoms with E-state index in [-0.39, 0.29) is 5.95 Å². The fraction of sp³-hybridized carbons (Fsp3) is 0.562. The van der Waals surface area contributed by atoms with Gasteiger partial charge in [0.1, 0.15) is 0 Å². The largest absolute Gasteiger partial charge is 0.739 e. The average molecular weight is 333 g/mol. The van der Waals surface area contributed by atoms with Crippen molar-refractivity contribution in [3.05, 3.63) is 33.7 Å². The molecule has 0 aliphatic heterocycles. The van der Waals surface area contributed by atoms with Crippen LogP contribution < -0.4 is 14.9 Å². The van der Waals surface area contributed by atoms with Crippen LogP contribution in [0.5, 0.6) is 0 Å². The minimum atomic E-state index is 0.0376. The van der Waals surface area contributed by atoms with Gasteiger partial charge in [0.2, 0.25) is 5.10 Å². The minimum absolute atomic E-state index is 0.0376. The maximum absolute atomic E-state index is 12.5. The Morgan fingerprint density at radius 2 is 1.92 bits per heavy atom. The van der Waals surface area contributed by atoms with Crippen LogP contribution in [0.25, 0.3) is 11.0 Å². The summed E-state index contributed by atoms with van der Waals surface area (Å²) in [6.07, 6.45) is 2.98. The Morgan fingerprint density at radius 1 is 1.21 bits per heavy atom. The second-order valence-corrected chi connectivity index (χ2v) is 6.18. The quantitative estimate of drug-likeness (QED) is 0.566. The number of anilines is 1. The summed E-state index contributed by atoms with van der Waals surface area (Å²) in [5, 5.41) is 31.5. The van der Waals surface area contributed by atoms with E-state index in [4.69, 9.17) is 4.74 Å². The second kappa shape index (κ2) is 7.14. The van der Waals surface area contributed by atoms with Gasteiger partial charge in [-0.2, -0.15) is 0 Å². The third kappa shape index (κ3) is 3.34. The molecule has 8 nitrogen and oxygen atoms in total. The van der Waals surface area contributed by atoms with Gasteiger partial charge in [0.15, 0.2) is 5.52 Å². The molecular weight excluding hydrogens is 310 g/mol. The summed E-state index contributed by atoms with van der Waals surface area (Å²) in [4.78, 5) is 2.62. The Bertz CT molecular complexity index is 737. The number of methoxy groups -OCH3 is 1. The summed E-state index contributed by atoms with van der Waals surface area (Å²) in [6, 6.07) is 3.63. The van der Waals surface area contributed by atoms with E-state index in [1.807, 2.05) is 13.1 Å². The van der Waals surface area contributed by atoms with Gasteiger partial charge in [-0.05, 0) is 43.5 Å². The van der Waals surface area contributed by atoms with Gasteiger partial charge in [-0.1, -0.05) is 0 Å². The molecule has 3 rings (SSSR count). The molecule has 1 N–H and O–H groups in total. The van der Waals surface area contributed by atoms with E-state index in [0.29, 0.717) is 35.6 Å². The van der Waals surface area contributed by atoms with Gasteiger partial charge in [0.25, 0.3) is 5.52 Å². The summed E-state index contributed by atoms with van der Waals surface area (Å²) in [7, 11) is 3.63. The topological polar surface area (TPSA) is 91.3 Å². The first-order valence-electron chi connectivity index (χ1n) is 8.20. The fourth-order valence-electron chi connectivity index (χ4n) is 3.03. The zero-order chi connectivity index (χ0) is 17.1. The third-order valence-electron chi connectivity index (χ3n) is 4.45. The van der Waals surface area contributed by atoms with Crippen molar-refractivity contribution < 1.29 is 14.3 Å². The van der Waals surface area contributed by atoms with Crippen LogP contribution in [0, 0.1) is 10.4 Å². The van der Waals surface area contributed by atoms with Crippen molar-refractivity contribution in [3.63, 3.8) is 0 Å². The zero-order valence-electron chi connectivity index (χ0n) is 14.1. The summed E-state index contributed by atoms with van der Waals surface area (Å²) < 4.78 is 5.74. The van der Waals surface area contributed by atoms with Gasteiger partial charge in [0.05, 0.1) is 13.2 Å². The van der Waals surface area contributed by atoms with Crippen LogP contribution in [0.1, 0.15) is 17.5 Å². The predicted octanol–water partition coefficient (Wildman–Crippen LogP) is -0.0196. The highest BCUT2D eigenvalue weighted by atomic mass is 16.5. The highest BCUT2D eigenvalue weighted by Crippen LogP contribution is 2.24. The summed E-state index contributed by atoms with van der Waals surface area (Å²) in [6.45, 7) is 2.68. The van der Waals surface area contributed by atoms with Crippen LogP contribution in [0.15, 0.2) is 12.1 Å². The number of nitrogens with one attached hydrogen (secondary N) is 1. The number of hydrogen-bond acceptors (Lipinski definition) is 6. The molecule has 0 saturated carbocycles. The molecule has 0 bridgehead atoms.